The third kappa shape index (κ3) is 7.85. The first-order valence-electron chi connectivity index (χ1n) is 15.8. The predicted molar refractivity (Wildman–Crippen MR) is 197 cm³/mol. The van der Waals surface area contributed by atoms with Crippen molar-refractivity contribution in [3.05, 3.63) is 121 Å². The number of hydrogen-bond donors (Lipinski definition) is 0. The van der Waals surface area contributed by atoms with Crippen molar-refractivity contribution in [1.82, 2.24) is 0 Å². The van der Waals surface area contributed by atoms with E-state index in [4.69, 9.17) is 36.8 Å². The zero-order valence-corrected chi connectivity index (χ0v) is 31.0. The van der Waals surface area contributed by atoms with Gasteiger partial charge in [0.2, 0.25) is 0 Å². The van der Waals surface area contributed by atoms with Crippen molar-refractivity contribution in [2.75, 3.05) is 11.8 Å². The summed E-state index contributed by atoms with van der Waals surface area (Å²) in [6.45, 7) is 13.6. The van der Waals surface area contributed by atoms with Crippen LogP contribution in [0.15, 0.2) is 121 Å². The van der Waals surface area contributed by atoms with Gasteiger partial charge in [-0.15, -0.1) is 23.2 Å². The van der Waals surface area contributed by atoms with Crippen molar-refractivity contribution in [3.63, 3.8) is 0 Å². The van der Waals surface area contributed by atoms with E-state index < -0.39 is 29.2 Å². The molecule has 240 valence electrons. The van der Waals surface area contributed by atoms with Gasteiger partial charge in [-0.25, -0.2) is 0 Å². The summed E-state index contributed by atoms with van der Waals surface area (Å²) in [6, 6.07) is 42.5. The smallest absolute Gasteiger partial charge is 0.264 e. The van der Waals surface area contributed by atoms with Gasteiger partial charge in [0.25, 0.3) is 16.6 Å². The third-order valence-corrected chi connectivity index (χ3v) is 18.9. The molecule has 0 radical (unpaired) electrons. The van der Waals surface area contributed by atoms with Gasteiger partial charge >= 0.3 is 0 Å². The standard InChI is InChI=1S/C38H48Cl2O3Si2/c1-37(2,3)44(31-19-11-7-12-20-31,32-21-13-8-14-22-32)42-35(27-29-39)41-36(28-30-40)43-45(38(4,5)6,33-23-15-9-16-24-33)34-25-17-10-18-26-34/h7-26,35-36H,27-30H2,1-6H3. The first-order chi connectivity index (χ1) is 21.5. The van der Waals surface area contributed by atoms with Gasteiger partial charge in [-0.2, -0.15) is 0 Å². The van der Waals surface area contributed by atoms with E-state index in [0.717, 1.165) is 0 Å². The average Bonchev–Trinajstić information content (AvgIpc) is 3.03. The van der Waals surface area contributed by atoms with Crippen molar-refractivity contribution < 1.29 is 13.6 Å². The fraction of sp³-hybridized carbons (Fsp3) is 0.368. The lowest BCUT2D eigenvalue weighted by Crippen LogP contribution is -2.69. The van der Waals surface area contributed by atoms with E-state index in [9.17, 15) is 0 Å². The minimum atomic E-state index is -2.92. The second-order valence-electron chi connectivity index (χ2n) is 13.5. The van der Waals surface area contributed by atoms with Gasteiger partial charge in [-0.1, -0.05) is 163 Å². The molecule has 0 aliphatic rings. The summed E-state index contributed by atoms with van der Waals surface area (Å²) >= 11 is 13.0. The summed E-state index contributed by atoms with van der Waals surface area (Å²) < 4.78 is 21.8. The summed E-state index contributed by atoms with van der Waals surface area (Å²) in [7, 11) is -5.85. The molecule has 0 saturated heterocycles. The Morgan fingerprint density at radius 2 is 0.711 bits per heavy atom. The monoisotopic (exact) mass is 678 g/mol. The van der Waals surface area contributed by atoms with E-state index in [1.165, 1.54) is 20.7 Å². The zero-order chi connectivity index (χ0) is 32.6. The van der Waals surface area contributed by atoms with Crippen molar-refractivity contribution in [2.45, 2.75) is 77.0 Å². The Morgan fingerprint density at radius 3 is 0.911 bits per heavy atom. The van der Waals surface area contributed by atoms with E-state index in [0.29, 0.717) is 24.6 Å². The normalized spacial score (nSPS) is 14.2. The number of halogens is 2. The molecule has 4 rings (SSSR count). The largest absolute Gasteiger partial charge is 0.382 e. The molecule has 3 nitrogen and oxygen atoms in total. The molecule has 4 aromatic carbocycles. The van der Waals surface area contributed by atoms with Crippen LogP contribution in [0.25, 0.3) is 0 Å². The highest BCUT2D eigenvalue weighted by Crippen LogP contribution is 2.40. The molecule has 45 heavy (non-hydrogen) atoms. The SMILES string of the molecule is CC(C)(C)[Si](OC(CCCl)OC(CCCl)O[Si](c1ccccc1)(c1ccccc1)C(C)(C)C)(c1ccccc1)c1ccccc1. The lowest BCUT2D eigenvalue weighted by atomic mass is 10.2. The van der Waals surface area contributed by atoms with E-state index in [1.54, 1.807) is 0 Å². The molecule has 0 heterocycles. The van der Waals surface area contributed by atoms with Crippen LogP contribution in [-0.2, 0) is 13.6 Å². The zero-order valence-electron chi connectivity index (χ0n) is 27.5. The second kappa shape index (κ2) is 15.6. The van der Waals surface area contributed by atoms with Crippen LogP contribution in [-0.4, -0.2) is 41.0 Å². The highest BCUT2D eigenvalue weighted by molar-refractivity contribution is 7.00. The molecule has 0 aromatic heterocycles. The quantitative estimate of drug-likeness (QED) is 0.0767. The lowest BCUT2D eigenvalue weighted by Gasteiger charge is -2.47. The Kier molecular flexibility index (Phi) is 12.3. The van der Waals surface area contributed by atoms with Crippen molar-refractivity contribution in [3.8, 4) is 0 Å². The van der Waals surface area contributed by atoms with Crippen LogP contribution < -0.4 is 20.7 Å². The number of rotatable bonds is 14. The first-order valence-corrected chi connectivity index (χ1v) is 20.7. The third-order valence-electron chi connectivity index (χ3n) is 8.44. The fourth-order valence-corrected chi connectivity index (χ4v) is 16.0. The summed E-state index contributed by atoms with van der Waals surface area (Å²) in [6.07, 6.45) is -0.204. The van der Waals surface area contributed by atoms with Crippen LogP contribution in [0.4, 0.5) is 0 Å². The van der Waals surface area contributed by atoms with Gasteiger partial charge in [-0.05, 0) is 30.8 Å². The Hall–Kier alpha value is -2.23. The molecule has 0 aliphatic heterocycles. The molecule has 0 amide bonds. The van der Waals surface area contributed by atoms with E-state index in [-0.39, 0.29) is 10.1 Å². The van der Waals surface area contributed by atoms with E-state index in [2.05, 4.69) is 163 Å². The van der Waals surface area contributed by atoms with Crippen LogP contribution in [0.5, 0.6) is 0 Å². The molecule has 4 aromatic rings. The molecule has 0 saturated carbocycles. The molecule has 0 aliphatic carbocycles. The molecular formula is C38H48Cl2O3Si2. The maximum absolute atomic E-state index is 7.43. The Morgan fingerprint density at radius 1 is 0.467 bits per heavy atom. The van der Waals surface area contributed by atoms with Crippen LogP contribution >= 0.6 is 23.2 Å². The van der Waals surface area contributed by atoms with Crippen LogP contribution in [0.3, 0.4) is 0 Å². The van der Waals surface area contributed by atoms with Crippen LogP contribution in [0.1, 0.15) is 54.4 Å². The number of benzene rings is 4. The predicted octanol–water partition coefficient (Wildman–Crippen LogP) is 8.07. The van der Waals surface area contributed by atoms with Crippen molar-refractivity contribution >= 4 is 60.6 Å². The van der Waals surface area contributed by atoms with Gasteiger partial charge < -0.3 is 13.6 Å². The summed E-state index contributed by atoms with van der Waals surface area (Å²) in [5, 5.41) is 4.32. The topological polar surface area (TPSA) is 27.7 Å². The number of alkyl halides is 2. The highest BCUT2D eigenvalue weighted by atomic mass is 35.5. The molecule has 0 bridgehead atoms. The van der Waals surface area contributed by atoms with Crippen LogP contribution in [0.2, 0.25) is 10.1 Å². The Bertz CT molecular complexity index is 1240. The summed E-state index contributed by atoms with van der Waals surface area (Å²) in [4.78, 5) is 0. The maximum Gasteiger partial charge on any atom is 0.264 e. The molecule has 7 heteroatoms. The van der Waals surface area contributed by atoms with E-state index >= 15 is 0 Å². The maximum atomic E-state index is 7.43. The van der Waals surface area contributed by atoms with Gasteiger partial charge in [0.15, 0.2) is 12.6 Å². The first kappa shape index (κ1) is 35.6. The summed E-state index contributed by atoms with van der Waals surface area (Å²) in [5.74, 6) is 0.769. The minimum absolute atomic E-state index is 0.218. The van der Waals surface area contributed by atoms with Gasteiger partial charge in [0.1, 0.15) is 0 Å². The number of ether oxygens (including phenoxy) is 1. The minimum Gasteiger partial charge on any atom is -0.382 e. The van der Waals surface area contributed by atoms with Crippen LogP contribution in [0, 0.1) is 0 Å². The number of hydrogen-bond acceptors (Lipinski definition) is 3. The van der Waals surface area contributed by atoms with Gasteiger partial charge in [-0.3, -0.25) is 0 Å². The van der Waals surface area contributed by atoms with E-state index in [1.807, 2.05) is 0 Å². The molecule has 0 N–H and O–H groups in total. The molecule has 2 unspecified atom stereocenters. The lowest BCUT2D eigenvalue weighted by molar-refractivity contribution is -0.192. The summed E-state index contributed by atoms with van der Waals surface area (Å²) in [5.41, 5.74) is 0. The highest BCUT2D eigenvalue weighted by Gasteiger charge is 2.54. The fourth-order valence-electron chi connectivity index (χ4n) is 6.43. The van der Waals surface area contributed by atoms with Crippen molar-refractivity contribution in [1.29, 1.82) is 0 Å². The average molecular weight is 680 g/mol. The Labute approximate surface area is 283 Å². The van der Waals surface area contributed by atoms with Gasteiger partial charge in [0, 0.05) is 24.6 Å². The molecule has 0 spiro atoms. The molecule has 0 fully saturated rings. The van der Waals surface area contributed by atoms with Crippen molar-refractivity contribution in [2.24, 2.45) is 0 Å². The molecule has 2 atom stereocenters. The molecular weight excluding hydrogens is 631 g/mol. The van der Waals surface area contributed by atoms with Gasteiger partial charge in [0.05, 0.1) is 0 Å². The second-order valence-corrected chi connectivity index (χ2v) is 22.8. The Balaban J connectivity index is 1.83.